The Morgan fingerprint density at radius 2 is 1.25 bits per heavy atom. The minimum atomic E-state index is -0.794. The molecule has 3 aliphatic rings. The largest absolute Gasteiger partial charge is 0.469 e. The zero-order chi connectivity index (χ0) is 48.1. The topological polar surface area (TPSA) is 166 Å². The molecular formula is C51H64F2N8O6. The van der Waals surface area contributed by atoms with Crippen molar-refractivity contribution in [2.24, 2.45) is 17.8 Å². The molecule has 358 valence electrons. The number of aromatic amines is 2. The number of hydrogen-bond donors (Lipinski definition) is 3. The Morgan fingerprint density at radius 1 is 0.716 bits per heavy atom. The fourth-order valence-corrected chi connectivity index (χ4v) is 10.5. The number of carbonyl (C=O) groups excluding carboxylic acids is 4. The van der Waals surface area contributed by atoms with Crippen molar-refractivity contribution in [3.63, 3.8) is 0 Å². The predicted molar refractivity (Wildman–Crippen MR) is 251 cm³/mol. The Kier molecular flexibility index (Phi) is 13.4. The van der Waals surface area contributed by atoms with Crippen LogP contribution in [0.5, 0.6) is 0 Å². The normalized spacial score (nSPS) is 20.9. The summed E-state index contributed by atoms with van der Waals surface area (Å²) in [6.07, 6.45) is 3.17. The number of H-pyrrole nitrogens is 2. The summed E-state index contributed by atoms with van der Waals surface area (Å²) in [7, 11) is 2.58. The van der Waals surface area contributed by atoms with E-state index in [0.717, 1.165) is 24.1 Å². The minimum absolute atomic E-state index is 0.0114. The highest BCUT2D eigenvalue weighted by molar-refractivity contribution is 5.87. The van der Waals surface area contributed by atoms with Crippen molar-refractivity contribution < 1.29 is 37.4 Å². The van der Waals surface area contributed by atoms with Crippen LogP contribution in [0.4, 0.5) is 19.3 Å². The Hall–Kier alpha value is -6.06. The molecule has 0 bridgehead atoms. The number of fused-ring (bicyclic) bond motifs is 2. The van der Waals surface area contributed by atoms with Gasteiger partial charge >= 0.3 is 12.1 Å². The summed E-state index contributed by atoms with van der Waals surface area (Å²) in [5, 5.41) is 2.68. The van der Waals surface area contributed by atoms with E-state index < -0.39 is 53.8 Å². The van der Waals surface area contributed by atoms with Crippen LogP contribution >= 0.6 is 0 Å². The highest BCUT2D eigenvalue weighted by Gasteiger charge is 2.42. The van der Waals surface area contributed by atoms with Gasteiger partial charge in [0.25, 0.3) is 0 Å². The first-order chi connectivity index (χ1) is 31.9. The number of carbonyl (C=O) groups is 4. The number of likely N-dealkylation sites (tertiary alicyclic amines) is 2. The molecule has 8 rings (SSSR count). The molecule has 3 saturated heterocycles. The van der Waals surface area contributed by atoms with Gasteiger partial charge in [0.1, 0.15) is 29.3 Å². The maximum Gasteiger partial charge on any atom is 0.407 e. The van der Waals surface area contributed by atoms with Crippen LogP contribution in [0.1, 0.15) is 146 Å². The summed E-state index contributed by atoms with van der Waals surface area (Å²) >= 11 is 0. The maximum absolute atomic E-state index is 16.7. The van der Waals surface area contributed by atoms with Gasteiger partial charge in [-0.05, 0) is 91.7 Å². The first kappa shape index (κ1) is 47.4. The minimum Gasteiger partial charge on any atom is -0.469 e. The lowest BCUT2D eigenvalue weighted by molar-refractivity contribution is -0.148. The standard InChI is InChI=1S/C51H64F2N8O6/c1-27(2)31(24-44(62)66-8)48(63)59-20-10-12-42(59)46-54-36-22-32(34(52)25-38(36)56-46)40-18-19-41(61(40)30-16-14-29(15-17-30)51(5,6)7)33-23-37-39(26-35(33)53)57-47(55-37)43-13-11-21-60(43)49(64)45(28(3)4)58-50(65)67-9/h14-17,22-23,25-28,31,40-43,45H,10-13,18-21,24H2,1-9H3,(H,54,56)(H,55,57)(H,58,65)/t31-,40+,41+,42-,43-,45-/m0/s1. The lowest BCUT2D eigenvalue weighted by atomic mass is 9.87. The van der Waals surface area contributed by atoms with E-state index >= 15 is 8.78 Å². The van der Waals surface area contributed by atoms with Crippen LogP contribution < -0.4 is 10.2 Å². The number of alkyl carbamates (subject to hydrolysis) is 1. The Bertz CT molecular complexity index is 2500. The monoisotopic (exact) mass is 922 g/mol. The quantitative estimate of drug-likeness (QED) is 0.103. The summed E-state index contributed by atoms with van der Waals surface area (Å²) in [6.45, 7) is 15.0. The lowest BCUT2D eigenvalue weighted by Crippen LogP contribution is -2.51. The van der Waals surface area contributed by atoms with E-state index in [9.17, 15) is 19.2 Å². The van der Waals surface area contributed by atoms with E-state index in [1.807, 2.05) is 39.8 Å². The molecule has 14 nitrogen and oxygen atoms in total. The van der Waals surface area contributed by atoms with Crippen LogP contribution in [0.2, 0.25) is 0 Å². The van der Waals surface area contributed by atoms with E-state index in [1.54, 1.807) is 21.9 Å². The molecule has 5 heterocycles. The number of imidazole rings is 2. The van der Waals surface area contributed by atoms with Crippen LogP contribution in [0.25, 0.3) is 22.1 Å². The van der Waals surface area contributed by atoms with Crippen molar-refractivity contribution in [2.45, 2.75) is 129 Å². The highest BCUT2D eigenvalue weighted by Crippen LogP contribution is 2.49. The van der Waals surface area contributed by atoms with Crippen molar-refractivity contribution in [1.29, 1.82) is 0 Å². The highest BCUT2D eigenvalue weighted by atomic mass is 19.1. The molecule has 3 fully saturated rings. The third-order valence-electron chi connectivity index (χ3n) is 14.2. The average Bonchev–Trinajstić information content (AvgIpc) is 4.15. The second-order valence-corrected chi connectivity index (χ2v) is 20.2. The van der Waals surface area contributed by atoms with Gasteiger partial charge in [0, 0.05) is 36.0 Å². The first-order valence-electron chi connectivity index (χ1n) is 23.7. The molecule has 3 N–H and O–H groups in total. The number of aromatic nitrogens is 4. The number of halogens is 2. The molecule has 3 amide bonds. The third kappa shape index (κ3) is 9.32. The van der Waals surface area contributed by atoms with Crippen molar-refractivity contribution in [2.75, 3.05) is 32.2 Å². The number of nitrogens with zero attached hydrogens (tertiary/aromatic N) is 5. The van der Waals surface area contributed by atoms with Gasteiger partial charge < -0.3 is 39.5 Å². The van der Waals surface area contributed by atoms with Gasteiger partial charge in [-0.15, -0.1) is 0 Å². The fourth-order valence-electron chi connectivity index (χ4n) is 10.5. The van der Waals surface area contributed by atoms with Gasteiger partial charge in [-0.2, -0.15) is 0 Å². The number of ether oxygens (including phenoxy) is 2. The zero-order valence-corrected chi connectivity index (χ0v) is 40.0. The molecule has 16 heteroatoms. The van der Waals surface area contributed by atoms with E-state index in [0.29, 0.717) is 83.6 Å². The smallest absolute Gasteiger partial charge is 0.407 e. The second kappa shape index (κ2) is 18.9. The summed E-state index contributed by atoms with van der Waals surface area (Å²) in [5.41, 5.74) is 4.82. The zero-order valence-electron chi connectivity index (χ0n) is 40.0. The number of benzene rings is 3. The Balaban J connectivity index is 1.12. The Labute approximate surface area is 390 Å². The van der Waals surface area contributed by atoms with Crippen LogP contribution in [0, 0.1) is 29.4 Å². The molecule has 2 aromatic heterocycles. The van der Waals surface area contributed by atoms with E-state index in [1.165, 1.54) is 26.4 Å². The molecule has 0 spiro atoms. The molecule has 3 aliphatic heterocycles. The third-order valence-corrected chi connectivity index (χ3v) is 14.2. The van der Waals surface area contributed by atoms with Crippen molar-refractivity contribution in [3.8, 4) is 0 Å². The molecule has 0 aliphatic carbocycles. The number of hydrogen-bond acceptors (Lipinski definition) is 9. The van der Waals surface area contributed by atoms with Crippen LogP contribution in [-0.2, 0) is 29.3 Å². The number of esters is 1. The molecule has 0 unspecified atom stereocenters. The summed E-state index contributed by atoms with van der Waals surface area (Å²) < 4.78 is 43.1. The van der Waals surface area contributed by atoms with Gasteiger partial charge in [0.15, 0.2) is 0 Å². The molecule has 6 atom stereocenters. The van der Waals surface area contributed by atoms with Crippen molar-refractivity contribution >= 4 is 51.6 Å². The maximum atomic E-state index is 16.7. The van der Waals surface area contributed by atoms with E-state index in [-0.39, 0.29) is 41.5 Å². The van der Waals surface area contributed by atoms with Gasteiger partial charge in [-0.25, -0.2) is 23.5 Å². The SMILES string of the molecule is COC(=O)C[C@H](C(=O)N1CCC[C@H]1c1nc2cc(F)c([C@H]3CC[C@H](c4cc5nc([C@@H]6CCCN6C(=O)[C@@H](NC(=O)OC)C(C)C)[nH]c5cc4F)N3c3ccc(C(C)(C)C)cc3)cc2[nH]1)C(C)C. The number of amides is 3. The summed E-state index contributed by atoms with van der Waals surface area (Å²) in [6, 6.07) is 12.2. The van der Waals surface area contributed by atoms with Crippen LogP contribution in [0.15, 0.2) is 48.5 Å². The Morgan fingerprint density at radius 3 is 1.79 bits per heavy atom. The number of anilines is 1. The number of nitrogens with one attached hydrogen (secondary N) is 3. The summed E-state index contributed by atoms with van der Waals surface area (Å²) in [4.78, 5) is 74.4. The lowest BCUT2D eigenvalue weighted by Gasteiger charge is -2.34. The van der Waals surface area contributed by atoms with Gasteiger partial charge in [0.2, 0.25) is 11.8 Å². The van der Waals surface area contributed by atoms with Crippen molar-refractivity contribution in [1.82, 2.24) is 35.1 Å². The van der Waals surface area contributed by atoms with Crippen LogP contribution in [0.3, 0.4) is 0 Å². The molecule has 0 radical (unpaired) electrons. The van der Waals surface area contributed by atoms with E-state index in [4.69, 9.17) is 19.4 Å². The molecule has 0 saturated carbocycles. The second-order valence-electron chi connectivity index (χ2n) is 20.2. The number of rotatable bonds is 12. The van der Waals surface area contributed by atoms with E-state index in [2.05, 4.69) is 53.1 Å². The number of methoxy groups -OCH3 is 2. The molecule has 67 heavy (non-hydrogen) atoms. The van der Waals surface area contributed by atoms with Crippen LogP contribution in [-0.4, -0.2) is 87.0 Å². The average molecular weight is 923 g/mol. The molecule has 3 aromatic carbocycles. The van der Waals surface area contributed by atoms with Gasteiger partial charge in [-0.3, -0.25) is 14.4 Å². The molecular weight excluding hydrogens is 859 g/mol. The molecule has 5 aromatic rings. The first-order valence-corrected chi connectivity index (χ1v) is 23.7. The summed E-state index contributed by atoms with van der Waals surface area (Å²) in [5.74, 6) is -1.39. The predicted octanol–water partition coefficient (Wildman–Crippen LogP) is 9.64. The van der Waals surface area contributed by atoms with Gasteiger partial charge in [-0.1, -0.05) is 60.6 Å². The van der Waals surface area contributed by atoms with Gasteiger partial charge in [0.05, 0.1) is 72.8 Å². The van der Waals surface area contributed by atoms with Crippen molar-refractivity contribution in [3.05, 3.63) is 88.5 Å². The fraction of sp³-hybridized carbons (Fsp3) is 0.529.